The van der Waals surface area contributed by atoms with Gasteiger partial charge in [-0.2, -0.15) is 0 Å². The Morgan fingerprint density at radius 3 is 2.29 bits per heavy atom. The highest BCUT2D eigenvalue weighted by molar-refractivity contribution is 4.95. The molecular weight excluding hydrogens is 172 g/mol. The number of rotatable bonds is 3. The Hall–Kier alpha value is -0.340. The van der Waals surface area contributed by atoms with E-state index in [1.54, 1.807) is 0 Å². The molecule has 1 saturated heterocycles. The summed E-state index contributed by atoms with van der Waals surface area (Å²) in [5.41, 5.74) is 5.68. The van der Waals surface area contributed by atoms with E-state index in [1.807, 2.05) is 0 Å². The van der Waals surface area contributed by atoms with Gasteiger partial charge in [-0.05, 0) is 57.2 Å². The monoisotopic (exact) mass is 194 g/mol. The average Bonchev–Trinajstić information content (AvgIpc) is 2.72. The molecule has 1 fully saturated rings. The van der Waals surface area contributed by atoms with Crippen molar-refractivity contribution in [1.29, 1.82) is 0 Å². The molecule has 0 unspecified atom stereocenters. The van der Waals surface area contributed by atoms with Crippen LogP contribution < -0.4 is 5.73 Å². The highest BCUT2D eigenvalue weighted by atomic mass is 15.1. The van der Waals surface area contributed by atoms with E-state index in [2.05, 4.69) is 17.1 Å². The summed E-state index contributed by atoms with van der Waals surface area (Å²) in [4.78, 5) is 2.63. The summed E-state index contributed by atoms with van der Waals surface area (Å²) in [7, 11) is 0. The fraction of sp³-hybridized carbons (Fsp3) is 0.833. The fourth-order valence-electron chi connectivity index (χ4n) is 2.59. The standard InChI is InChI=1S/C12H22N2/c13-9-11-5-7-14(8-6-11)10-12-3-1-2-4-12/h1-2,11-12H,3-10,13H2. The van der Waals surface area contributed by atoms with Crippen LogP contribution in [0.5, 0.6) is 0 Å². The predicted octanol–water partition coefficient (Wildman–Crippen LogP) is 1.62. The van der Waals surface area contributed by atoms with Crippen LogP contribution in [0.1, 0.15) is 25.7 Å². The van der Waals surface area contributed by atoms with Crippen molar-refractivity contribution in [2.75, 3.05) is 26.2 Å². The molecule has 0 saturated carbocycles. The third-order valence-corrected chi connectivity index (χ3v) is 3.66. The van der Waals surface area contributed by atoms with Crippen molar-refractivity contribution in [2.24, 2.45) is 17.6 Å². The first-order valence-electron chi connectivity index (χ1n) is 5.96. The second-order valence-electron chi connectivity index (χ2n) is 4.79. The predicted molar refractivity (Wildman–Crippen MR) is 60.1 cm³/mol. The summed E-state index contributed by atoms with van der Waals surface area (Å²) in [6, 6.07) is 0. The zero-order valence-electron chi connectivity index (χ0n) is 8.99. The molecule has 2 aliphatic rings. The number of hydrogen-bond acceptors (Lipinski definition) is 2. The molecular formula is C12H22N2. The van der Waals surface area contributed by atoms with Crippen LogP contribution in [0.15, 0.2) is 12.2 Å². The molecule has 2 rings (SSSR count). The first kappa shape index (κ1) is 10.2. The Morgan fingerprint density at radius 1 is 1.07 bits per heavy atom. The highest BCUT2D eigenvalue weighted by Crippen LogP contribution is 2.22. The molecule has 0 spiro atoms. The van der Waals surface area contributed by atoms with Gasteiger partial charge in [-0.1, -0.05) is 12.2 Å². The summed E-state index contributed by atoms with van der Waals surface area (Å²) in [6.45, 7) is 4.75. The van der Waals surface area contributed by atoms with Crippen molar-refractivity contribution in [1.82, 2.24) is 4.90 Å². The highest BCUT2D eigenvalue weighted by Gasteiger charge is 2.20. The average molecular weight is 194 g/mol. The van der Waals surface area contributed by atoms with Gasteiger partial charge in [-0.25, -0.2) is 0 Å². The maximum Gasteiger partial charge on any atom is 0.00156 e. The molecule has 0 aromatic heterocycles. The van der Waals surface area contributed by atoms with Crippen molar-refractivity contribution >= 4 is 0 Å². The maximum atomic E-state index is 5.68. The lowest BCUT2D eigenvalue weighted by atomic mass is 9.96. The Balaban J connectivity index is 1.68. The number of nitrogens with two attached hydrogens (primary N) is 1. The number of allylic oxidation sites excluding steroid dienone is 2. The SMILES string of the molecule is NCC1CCN(CC2CC=CC2)CC1. The zero-order valence-corrected chi connectivity index (χ0v) is 8.99. The molecule has 0 amide bonds. The van der Waals surface area contributed by atoms with E-state index >= 15 is 0 Å². The third kappa shape index (κ3) is 2.58. The van der Waals surface area contributed by atoms with Crippen LogP contribution in [0.2, 0.25) is 0 Å². The minimum absolute atomic E-state index is 0.799. The van der Waals surface area contributed by atoms with Crippen molar-refractivity contribution < 1.29 is 0 Å². The fourth-order valence-corrected chi connectivity index (χ4v) is 2.59. The van der Waals surface area contributed by atoms with E-state index in [0.29, 0.717) is 0 Å². The van der Waals surface area contributed by atoms with E-state index in [0.717, 1.165) is 18.4 Å². The van der Waals surface area contributed by atoms with Crippen LogP contribution in [0.4, 0.5) is 0 Å². The van der Waals surface area contributed by atoms with Gasteiger partial charge < -0.3 is 10.6 Å². The van der Waals surface area contributed by atoms with E-state index in [4.69, 9.17) is 5.73 Å². The second-order valence-corrected chi connectivity index (χ2v) is 4.79. The topological polar surface area (TPSA) is 29.3 Å². The first-order chi connectivity index (χ1) is 6.88. The van der Waals surface area contributed by atoms with Crippen molar-refractivity contribution in [3.8, 4) is 0 Å². The van der Waals surface area contributed by atoms with Gasteiger partial charge in [0, 0.05) is 6.54 Å². The largest absolute Gasteiger partial charge is 0.330 e. The van der Waals surface area contributed by atoms with E-state index < -0.39 is 0 Å². The van der Waals surface area contributed by atoms with Crippen LogP contribution >= 0.6 is 0 Å². The van der Waals surface area contributed by atoms with Gasteiger partial charge in [0.1, 0.15) is 0 Å². The summed E-state index contributed by atoms with van der Waals surface area (Å²) < 4.78 is 0. The molecule has 0 aromatic rings. The smallest absolute Gasteiger partial charge is 0.00156 e. The van der Waals surface area contributed by atoms with Crippen LogP contribution in [0.25, 0.3) is 0 Å². The van der Waals surface area contributed by atoms with Crippen molar-refractivity contribution in [3.05, 3.63) is 12.2 Å². The van der Waals surface area contributed by atoms with E-state index in [-0.39, 0.29) is 0 Å². The Labute approximate surface area is 87.2 Å². The molecule has 0 aromatic carbocycles. The van der Waals surface area contributed by atoms with Gasteiger partial charge in [0.15, 0.2) is 0 Å². The van der Waals surface area contributed by atoms with Crippen LogP contribution in [0.3, 0.4) is 0 Å². The van der Waals surface area contributed by atoms with Crippen LogP contribution in [-0.2, 0) is 0 Å². The number of likely N-dealkylation sites (tertiary alicyclic amines) is 1. The van der Waals surface area contributed by atoms with Gasteiger partial charge in [-0.3, -0.25) is 0 Å². The van der Waals surface area contributed by atoms with Gasteiger partial charge in [0.25, 0.3) is 0 Å². The molecule has 1 heterocycles. The van der Waals surface area contributed by atoms with Crippen LogP contribution in [-0.4, -0.2) is 31.1 Å². The number of nitrogens with zero attached hydrogens (tertiary/aromatic N) is 1. The van der Waals surface area contributed by atoms with Gasteiger partial charge >= 0.3 is 0 Å². The lowest BCUT2D eigenvalue weighted by Gasteiger charge is -2.32. The lowest BCUT2D eigenvalue weighted by Crippen LogP contribution is -2.38. The molecule has 14 heavy (non-hydrogen) atoms. The Bertz CT molecular complexity index is 184. The molecule has 2 N–H and O–H groups in total. The lowest BCUT2D eigenvalue weighted by molar-refractivity contribution is 0.165. The maximum absolute atomic E-state index is 5.68. The van der Waals surface area contributed by atoms with Crippen LogP contribution in [0, 0.1) is 11.8 Å². The molecule has 2 nitrogen and oxygen atoms in total. The minimum Gasteiger partial charge on any atom is -0.330 e. The quantitative estimate of drug-likeness (QED) is 0.692. The second kappa shape index (κ2) is 4.94. The normalized spacial score (nSPS) is 26.1. The van der Waals surface area contributed by atoms with Gasteiger partial charge in [-0.15, -0.1) is 0 Å². The zero-order chi connectivity index (χ0) is 9.80. The molecule has 0 radical (unpaired) electrons. The molecule has 0 atom stereocenters. The Kier molecular flexibility index (Phi) is 3.60. The summed E-state index contributed by atoms with van der Waals surface area (Å²) in [5, 5.41) is 0. The van der Waals surface area contributed by atoms with Crippen molar-refractivity contribution in [3.63, 3.8) is 0 Å². The molecule has 0 bridgehead atoms. The van der Waals surface area contributed by atoms with E-state index in [9.17, 15) is 0 Å². The number of hydrogen-bond donors (Lipinski definition) is 1. The Morgan fingerprint density at radius 2 is 1.71 bits per heavy atom. The first-order valence-corrected chi connectivity index (χ1v) is 5.96. The summed E-state index contributed by atoms with van der Waals surface area (Å²) in [5.74, 6) is 1.71. The third-order valence-electron chi connectivity index (χ3n) is 3.66. The molecule has 2 heteroatoms. The molecule has 1 aliphatic carbocycles. The van der Waals surface area contributed by atoms with Gasteiger partial charge in [0.05, 0.1) is 0 Å². The summed E-state index contributed by atoms with van der Waals surface area (Å²) >= 11 is 0. The van der Waals surface area contributed by atoms with Crippen molar-refractivity contribution in [2.45, 2.75) is 25.7 Å². The van der Waals surface area contributed by atoms with Gasteiger partial charge in [0.2, 0.25) is 0 Å². The molecule has 80 valence electrons. The summed E-state index contributed by atoms with van der Waals surface area (Å²) in [6.07, 6.45) is 9.90. The molecule has 1 aliphatic heterocycles. The van der Waals surface area contributed by atoms with E-state index in [1.165, 1.54) is 45.3 Å². The number of piperidine rings is 1. The minimum atomic E-state index is 0.799.